The first-order valence-electron chi connectivity index (χ1n) is 8.83. The zero-order chi connectivity index (χ0) is 18.0. The van der Waals surface area contributed by atoms with Gasteiger partial charge in [0.1, 0.15) is 17.2 Å². The van der Waals surface area contributed by atoms with Gasteiger partial charge in [0, 0.05) is 17.5 Å². The maximum absolute atomic E-state index is 13.4. The van der Waals surface area contributed by atoms with Crippen molar-refractivity contribution >= 4 is 17.0 Å². The molecule has 1 aliphatic rings. The first-order valence-corrected chi connectivity index (χ1v) is 8.83. The molecule has 2 aromatic rings. The van der Waals surface area contributed by atoms with Gasteiger partial charge in [-0.15, -0.1) is 0 Å². The predicted octanol–water partition coefficient (Wildman–Crippen LogP) is 3.94. The molecule has 1 unspecified atom stereocenters. The highest BCUT2D eigenvalue weighted by Crippen LogP contribution is 2.30. The average Bonchev–Trinajstić information content (AvgIpc) is 2.90. The van der Waals surface area contributed by atoms with Crippen molar-refractivity contribution in [3.63, 3.8) is 0 Å². The zero-order valence-electron chi connectivity index (χ0n) is 14.7. The summed E-state index contributed by atoms with van der Waals surface area (Å²) in [6, 6.07) is 3.66. The second kappa shape index (κ2) is 7.04. The van der Waals surface area contributed by atoms with Crippen molar-refractivity contribution in [2.75, 3.05) is 6.54 Å². The average molecular weight is 348 g/mol. The van der Waals surface area contributed by atoms with Gasteiger partial charge in [-0.3, -0.25) is 0 Å². The van der Waals surface area contributed by atoms with Crippen molar-refractivity contribution in [1.29, 1.82) is 0 Å². The van der Waals surface area contributed by atoms with Crippen LogP contribution in [0.1, 0.15) is 56.4 Å². The number of rotatable bonds is 4. The number of furan rings is 1. The smallest absolute Gasteiger partial charge is 0.315 e. The first kappa shape index (κ1) is 17.7. The minimum atomic E-state index is -0.800. The summed E-state index contributed by atoms with van der Waals surface area (Å²) >= 11 is 0. The Morgan fingerprint density at radius 2 is 2.08 bits per heavy atom. The monoisotopic (exact) mass is 348 g/mol. The maximum Gasteiger partial charge on any atom is 0.315 e. The molecule has 6 heteroatoms. The molecule has 0 aliphatic heterocycles. The van der Waals surface area contributed by atoms with Crippen LogP contribution in [0, 0.1) is 12.7 Å². The molecular weight excluding hydrogens is 323 g/mol. The molecule has 1 saturated carbocycles. The highest BCUT2D eigenvalue weighted by atomic mass is 19.1. The van der Waals surface area contributed by atoms with E-state index in [0.717, 1.165) is 37.7 Å². The van der Waals surface area contributed by atoms with Crippen molar-refractivity contribution in [3.8, 4) is 0 Å². The van der Waals surface area contributed by atoms with E-state index >= 15 is 0 Å². The molecule has 3 rings (SSSR count). The van der Waals surface area contributed by atoms with Gasteiger partial charge in [0.25, 0.3) is 0 Å². The van der Waals surface area contributed by atoms with E-state index in [1.807, 2.05) is 13.8 Å². The molecule has 2 amide bonds. The molecule has 136 valence electrons. The largest absolute Gasteiger partial charge is 0.459 e. The molecule has 0 saturated heterocycles. The third kappa shape index (κ3) is 3.95. The van der Waals surface area contributed by atoms with E-state index in [1.165, 1.54) is 12.1 Å². The molecule has 1 fully saturated rings. The van der Waals surface area contributed by atoms with Crippen LogP contribution in [0.3, 0.4) is 0 Å². The standard InChI is InChI=1S/C19H25FN2O3/c1-12-15-10-14(20)6-7-16(15)25-17(12)13(2)22-18(23)21-11-19(24)8-4-3-5-9-19/h6-7,10,13,24H,3-5,8-9,11H2,1-2H3,(H2,21,22,23). The van der Waals surface area contributed by atoms with Crippen molar-refractivity contribution in [3.05, 3.63) is 35.3 Å². The van der Waals surface area contributed by atoms with Gasteiger partial charge in [0.15, 0.2) is 0 Å². The summed E-state index contributed by atoms with van der Waals surface area (Å²) in [6.07, 6.45) is 4.56. The summed E-state index contributed by atoms with van der Waals surface area (Å²) in [6.45, 7) is 3.91. The lowest BCUT2D eigenvalue weighted by molar-refractivity contribution is 0.00712. The molecule has 1 aliphatic carbocycles. The van der Waals surface area contributed by atoms with Crippen molar-refractivity contribution < 1.29 is 18.7 Å². The van der Waals surface area contributed by atoms with E-state index in [0.29, 0.717) is 16.7 Å². The Morgan fingerprint density at radius 1 is 1.36 bits per heavy atom. The zero-order valence-corrected chi connectivity index (χ0v) is 14.7. The summed E-state index contributed by atoms with van der Waals surface area (Å²) in [5, 5.41) is 16.7. The molecule has 0 radical (unpaired) electrons. The molecule has 25 heavy (non-hydrogen) atoms. The highest BCUT2D eigenvalue weighted by molar-refractivity contribution is 5.82. The van der Waals surface area contributed by atoms with Crippen LogP contribution in [0.5, 0.6) is 0 Å². The van der Waals surface area contributed by atoms with Gasteiger partial charge in [0.05, 0.1) is 11.6 Å². The normalized spacial score (nSPS) is 18.1. The Labute approximate surface area is 146 Å². The van der Waals surface area contributed by atoms with Gasteiger partial charge in [-0.2, -0.15) is 0 Å². The maximum atomic E-state index is 13.4. The van der Waals surface area contributed by atoms with Crippen LogP contribution >= 0.6 is 0 Å². The lowest BCUT2D eigenvalue weighted by Gasteiger charge is -2.32. The number of halogens is 1. The minimum absolute atomic E-state index is 0.246. The molecule has 1 aromatic heterocycles. The summed E-state index contributed by atoms with van der Waals surface area (Å²) in [5.74, 6) is 0.286. The third-order valence-electron chi connectivity index (χ3n) is 5.04. The van der Waals surface area contributed by atoms with E-state index in [9.17, 15) is 14.3 Å². The first-order chi connectivity index (χ1) is 11.9. The van der Waals surface area contributed by atoms with E-state index in [-0.39, 0.29) is 24.4 Å². The van der Waals surface area contributed by atoms with Crippen LogP contribution < -0.4 is 10.6 Å². The Kier molecular flexibility index (Phi) is 4.99. The quantitative estimate of drug-likeness (QED) is 0.783. The van der Waals surface area contributed by atoms with E-state index in [2.05, 4.69) is 10.6 Å². The van der Waals surface area contributed by atoms with Gasteiger partial charge in [-0.1, -0.05) is 19.3 Å². The van der Waals surface area contributed by atoms with Gasteiger partial charge in [-0.25, -0.2) is 9.18 Å². The number of hydrogen-bond donors (Lipinski definition) is 3. The number of amides is 2. The number of aliphatic hydroxyl groups is 1. The number of benzene rings is 1. The van der Waals surface area contributed by atoms with Gasteiger partial charge < -0.3 is 20.2 Å². The predicted molar refractivity (Wildman–Crippen MR) is 93.9 cm³/mol. The minimum Gasteiger partial charge on any atom is -0.459 e. The summed E-state index contributed by atoms with van der Waals surface area (Å²) in [7, 11) is 0. The second-order valence-corrected chi connectivity index (χ2v) is 7.07. The fraction of sp³-hybridized carbons (Fsp3) is 0.526. The molecule has 0 spiro atoms. The van der Waals surface area contributed by atoms with Crippen LogP contribution in [-0.4, -0.2) is 23.3 Å². The van der Waals surface area contributed by atoms with Crippen LogP contribution in [0.4, 0.5) is 9.18 Å². The molecular formula is C19H25FN2O3. The van der Waals surface area contributed by atoms with E-state index in [4.69, 9.17) is 4.42 Å². The molecule has 1 aromatic carbocycles. The number of carbonyl (C=O) groups is 1. The Bertz CT molecular complexity index is 765. The summed E-state index contributed by atoms with van der Waals surface area (Å²) < 4.78 is 19.2. The molecule has 0 bridgehead atoms. The lowest BCUT2D eigenvalue weighted by Crippen LogP contribution is -2.47. The third-order valence-corrected chi connectivity index (χ3v) is 5.04. The number of urea groups is 1. The van der Waals surface area contributed by atoms with Crippen molar-refractivity contribution in [1.82, 2.24) is 10.6 Å². The van der Waals surface area contributed by atoms with E-state index in [1.54, 1.807) is 6.07 Å². The van der Waals surface area contributed by atoms with E-state index < -0.39 is 5.60 Å². The Balaban J connectivity index is 1.62. The van der Waals surface area contributed by atoms with Crippen LogP contribution in [0.15, 0.2) is 22.6 Å². The number of hydrogen-bond acceptors (Lipinski definition) is 3. The molecule has 5 nitrogen and oxygen atoms in total. The van der Waals surface area contributed by atoms with Crippen LogP contribution in [0.2, 0.25) is 0 Å². The van der Waals surface area contributed by atoms with Crippen LogP contribution in [-0.2, 0) is 0 Å². The molecule has 1 atom stereocenters. The Morgan fingerprint density at radius 3 is 2.80 bits per heavy atom. The summed E-state index contributed by atoms with van der Waals surface area (Å²) in [4.78, 5) is 12.2. The second-order valence-electron chi connectivity index (χ2n) is 7.07. The van der Waals surface area contributed by atoms with Gasteiger partial charge >= 0.3 is 6.03 Å². The van der Waals surface area contributed by atoms with Gasteiger partial charge in [0.2, 0.25) is 0 Å². The fourth-order valence-corrected chi connectivity index (χ4v) is 3.57. The molecule has 1 heterocycles. The fourth-order valence-electron chi connectivity index (χ4n) is 3.57. The summed E-state index contributed by atoms with van der Waals surface area (Å²) in [5.41, 5.74) is 0.610. The lowest BCUT2D eigenvalue weighted by atomic mass is 9.85. The highest BCUT2D eigenvalue weighted by Gasteiger charge is 2.29. The Hall–Kier alpha value is -2.08. The number of aryl methyl sites for hydroxylation is 1. The topological polar surface area (TPSA) is 74.5 Å². The van der Waals surface area contributed by atoms with Crippen molar-refractivity contribution in [2.45, 2.75) is 57.6 Å². The van der Waals surface area contributed by atoms with Gasteiger partial charge in [-0.05, 0) is 44.9 Å². The molecule has 3 N–H and O–H groups in total. The van der Waals surface area contributed by atoms with Crippen molar-refractivity contribution in [2.24, 2.45) is 0 Å². The van der Waals surface area contributed by atoms with Crippen LogP contribution in [0.25, 0.3) is 11.0 Å². The number of nitrogens with one attached hydrogen (secondary N) is 2. The number of fused-ring (bicyclic) bond motifs is 1. The SMILES string of the molecule is Cc1c(C(C)NC(=O)NCC2(O)CCCCC2)oc2ccc(F)cc12. The number of carbonyl (C=O) groups excluding carboxylic acids is 1.